The molecule has 0 aliphatic carbocycles. The molecule has 1 N–H and O–H groups in total. The largest absolute Gasteiger partial charge is 0.351 e. The Labute approximate surface area is 138 Å². The summed E-state index contributed by atoms with van der Waals surface area (Å²) >= 11 is 3.43. The number of amides is 1. The van der Waals surface area contributed by atoms with Crippen LogP contribution in [-0.4, -0.2) is 32.9 Å². The van der Waals surface area contributed by atoms with Gasteiger partial charge in [-0.1, -0.05) is 6.07 Å². The van der Waals surface area contributed by atoms with Crippen molar-refractivity contribution in [3.63, 3.8) is 0 Å². The van der Waals surface area contributed by atoms with Crippen LogP contribution < -0.4 is 5.32 Å². The number of hydrogen-bond acceptors (Lipinski definition) is 5. The minimum atomic E-state index is -3.30. The second-order valence-corrected chi connectivity index (χ2v) is 8.64. The van der Waals surface area contributed by atoms with Crippen molar-refractivity contribution in [2.45, 2.75) is 10.6 Å². The Kier molecular flexibility index (Phi) is 6.05. The van der Waals surface area contributed by atoms with E-state index in [4.69, 9.17) is 0 Å². The van der Waals surface area contributed by atoms with Crippen LogP contribution in [0.15, 0.2) is 46.0 Å². The van der Waals surface area contributed by atoms with Crippen LogP contribution in [0.2, 0.25) is 0 Å². The van der Waals surface area contributed by atoms with E-state index in [1.165, 1.54) is 17.7 Å². The van der Waals surface area contributed by atoms with E-state index in [1.54, 1.807) is 35.2 Å². The quantitative estimate of drug-likeness (QED) is 0.776. The average molecular weight is 356 g/mol. The molecule has 2 aromatic rings. The van der Waals surface area contributed by atoms with Gasteiger partial charge in [0.2, 0.25) is 0 Å². The molecule has 7 heteroatoms. The summed E-state index contributed by atoms with van der Waals surface area (Å²) in [7, 11) is -3.30. The third-order valence-corrected chi connectivity index (χ3v) is 5.78. The molecular formula is C15H17NO3S3. The topological polar surface area (TPSA) is 63.2 Å². The summed E-state index contributed by atoms with van der Waals surface area (Å²) in [5.74, 6) is 1.50. The summed E-state index contributed by atoms with van der Waals surface area (Å²) in [6.45, 7) is 0.552. The minimum absolute atomic E-state index is 0.159. The molecule has 1 heterocycles. The van der Waals surface area contributed by atoms with E-state index >= 15 is 0 Å². The highest BCUT2D eigenvalue weighted by Gasteiger charge is 2.11. The first-order chi connectivity index (χ1) is 10.5. The van der Waals surface area contributed by atoms with Gasteiger partial charge in [-0.2, -0.15) is 23.1 Å². The molecule has 0 aliphatic heterocycles. The lowest BCUT2D eigenvalue weighted by molar-refractivity contribution is 0.0956. The fourth-order valence-electron chi connectivity index (χ4n) is 1.77. The van der Waals surface area contributed by atoms with Crippen molar-refractivity contribution in [1.29, 1.82) is 0 Å². The van der Waals surface area contributed by atoms with Gasteiger partial charge >= 0.3 is 0 Å². The molecule has 0 unspecified atom stereocenters. The van der Waals surface area contributed by atoms with Crippen molar-refractivity contribution >= 4 is 38.8 Å². The third kappa shape index (κ3) is 5.15. The molecule has 0 bridgehead atoms. The molecule has 2 rings (SSSR count). The highest BCUT2D eigenvalue weighted by Crippen LogP contribution is 2.14. The van der Waals surface area contributed by atoms with Gasteiger partial charge in [-0.15, -0.1) is 0 Å². The van der Waals surface area contributed by atoms with Crippen LogP contribution in [0.25, 0.3) is 0 Å². The molecule has 0 saturated heterocycles. The Morgan fingerprint density at radius 1 is 1.32 bits per heavy atom. The maximum absolute atomic E-state index is 12.0. The lowest BCUT2D eigenvalue weighted by Gasteiger charge is -2.06. The minimum Gasteiger partial charge on any atom is -0.351 e. The van der Waals surface area contributed by atoms with Crippen molar-refractivity contribution in [1.82, 2.24) is 5.32 Å². The standard InChI is InChI=1S/C15H17NO3S3/c1-22(18,19)14-4-2-3-13(9-14)15(17)16-6-8-21-11-12-5-7-20-10-12/h2-5,7,9-10H,6,8,11H2,1H3,(H,16,17). The summed E-state index contributed by atoms with van der Waals surface area (Å²) < 4.78 is 23.0. The summed E-state index contributed by atoms with van der Waals surface area (Å²) in [4.78, 5) is 12.2. The van der Waals surface area contributed by atoms with Gasteiger partial charge in [0.05, 0.1) is 4.90 Å². The SMILES string of the molecule is CS(=O)(=O)c1cccc(C(=O)NCCSCc2ccsc2)c1. The van der Waals surface area contributed by atoms with E-state index in [1.807, 2.05) is 5.38 Å². The van der Waals surface area contributed by atoms with Crippen molar-refractivity contribution in [2.24, 2.45) is 0 Å². The average Bonchev–Trinajstić information content (AvgIpc) is 2.99. The summed E-state index contributed by atoms with van der Waals surface area (Å²) in [5, 5.41) is 6.97. The van der Waals surface area contributed by atoms with Crippen LogP contribution in [0.1, 0.15) is 15.9 Å². The highest BCUT2D eigenvalue weighted by molar-refractivity contribution is 7.98. The van der Waals surface area contributed by atoms with Gasteiger partial charge < -0.3 is 5.32 Å². The number of thioether (sulfide) groups is 1. The molecule has 4 nitrogen and oxygen atoms in total. The smallest absolute Gasteiger partial charge is 0.251 e. The van der Waals surface area contributed by atoms with Gasteiger partial charge in [-0.3, -0.25) is 4.79 Å². The lowest BCUT2D eigenvalue weighted by Crippen LogP contribution is -2.25. The van der Waals surface area contributed by atoms with Crippen LogP contribution >= 0.6 is 23.1 Å². The Morgan fingerprint density at radius 2 is 2.14 bits per heavy atom. The van der Waals surface area contributed by atoms with Crippen LogP contribution in [0.3, 0.4) is 0 Å². The Bertz CT molecular complexity index is 724. The van der Waals surface area contributed by atoms with E-state index in [-0.39, 0.29) is 10.8 Å². The van der Waals surface area contributed by atoms with Crippen molar-refractivity contribution in [2.75, 3.05) is 18.6 Å². The predicted molar refractivity (Wildman–Crippen MR) is 92.4 cm³/mol. The first-order valence-corrected chi connectivity index (χ1v) is 10.6. The van der Waals surface area contributed by atoms with Gasteiger partial charge in [-0.05, 0) is 40.6 Å². The Morgan fingerprint density at radius 3 is 2.82 bits per heavy atom. The zero-order chi connectivity index (χ0) is 16.0. The molecule has 0 aliphatic rings. The second-order valence-electron chi connectivity index (χ2n) is 4.74. The number of sulfone groups is 1. The molecule has 118 valence electrons. The van der Waals surface area contributed by atoms with Crippen LogP contribution in [-0.2, 0) is 15.6 Å². The summed E-state index contributed by atoms with van der Waals surface area (Å²) in [6.07, 6.45) is 1.13. The monoisotopic (exact) mass is 355 g/mol. The highest BCUT2D eigenvalue weighted by atomic mass is 32.2. The van der Waals surface area contributed by atoms with Crippen molar-refractivity contribution in [3.05, 3.63) is 52.2 Å². The summed E-state index contributed by atoms with van der Waals surface area (Å²) in [5.41, 5.74) is 1.66. The molecule has 1 aromatic heterocycles. The first-order valence-electron chi connectivity index (χ1n) is 6.64. The van der Waals surface area contributed by atoms with Crippen molar-refractivity contribution in [3.8, 4) is 0 Å². The molecule has 0 fully saturated rings. The third-order valence-electron chi connectivity index (χ3n) is 2.91. The number of benzene rings is 1. The molecular weight excluding hydrogens is 338 g/mol. The molecule has 0 radical (unpaired) electrons. The molecule has 0 spiro atoms. The predicted octanol–water partition coefficient (Wildman–Crippen LogP) is 2.81. The maximum Gasteiger partial charge on any atom is 0.251 e. The zero-order valence-corrected chi connectivity index (χ0v) is 14.6. The van der Waals surface area contributed by atoms with E-state index in [2.05, 4.69) is 16.8 Å². The van der Waals surface area contributed by atoms with Gasteiger partial charge in [0.1, 0.15) is 0 Å². The maximum atomic E-state index is 12.0. The van der Waals surface area contributed by atoms with Gasteiger partial charge in [0.15, 0.2) is 9.84 Å². The first kappa shape index (κ1) is 17.1. The van der Waals surface area contributed by atoms with E-state index < -0.39 is 9.84 Å². The molecule has 0 atom stereocenters. The van der Waals surface area contributed by atoms with E-state index in [0.29, 0.717) is 12.1 Å². The number of thiophene rings is 1. The number of carbonyl (C=O) groups is 1. The van der Waals surface area contributed by atoms with E-state index in [9.17, 15) is 13.2 Å². The zero-order valence-electron chi connectivity index (χ0n) is 12.1. The number of hydrogen-bond donors (Lipinski definition) is 1. The van der Waals surface area contributed by atoms with Crippen LogP contribution in [0, 0.1) is 0 Å². The molecule has 0 saturated carbocycles. The van der Waals surface area contributed by atoms with E-state index in [0.717, 1.165) is 17.8 Å². The molecule has 22 heavy (non-hydrogen) atoms. The van der Waals surface area contributed by atoms with Crippen LogP contribution in [0.4, 0.5) is 0 Å². The van der Waals surface area contributed by atoms with Crippen LogP contribution in [0.5, 0.6) is 0 Å². The second kappa shape index (κ2) is 7.80. The molecule has 1 amide bonds. The van der Waals surface area contributed by atoms with Gasteiger partial charge in [0.25, 0.3) is 5.91 Å². The normalized spacial score (nSPS) is 11.3. The summed E-state index contributed by atoms with van der Waals surface area (Å²) in [6, 6.07) is 8.18. The van der Waals surface area contributed by atoms with Gasteiger partial charge in [-0.25, -0.2) is 8.42 Å². The Balaban J connectivity index is 1.80. The fourth-order valence-corrected chi connectivity index (χ4v) is 4.02. The Hall–Kier alpha value is -1.31. The number of rotatable bonds is 7. The lowest BCUT2D eigenvalue weighted by atomic mass is 10.2. The van der Waals surface area contributed by atoms with Crippen molar-refractivity contribution < 1.29 is 13.2 Å². The fraction of sp³-hybridized carbons (Fsp3) is 0.267. The number of carbonyl (C=O) groups excluding carboxylic acids is 1. The molecule has 1 aromatic carbocycles. The number of nitrogens with one attached hydrogen (secondary N) is 1. The van der Waals surface area contributed by atoms with Gasteiger partial charge in [0, 0.05) is 29.9 Å².